The van der Waals surface area contributed by atoms with Gasteiger partial charge in [-0.15, -0.1) is 0 Å². The SMILES string of the molecule is C[C@@H](NC(=O)OCc1ccccc1)c1ccnc2ccccc12. The van der Waals surface area contributed by atoms with Gasteiger partial charge in [0.2, 0.25) is 0 Å². The van der Waals surface area contributed by atoms with Gasteiger partial charge >= 0.3 is 6.09 Å². The summed E-state index contributed by atoms with van der Waals surface area (Å²) in [6.07, 6.45) is 1.33. The maximum atomic E-state index is 12.0. The lowest BCUT2D eigenvalue weighted by Crippen LogP contribution is -2.27. The molecule has 0 aliphatic carbocycles. The molecule has 0 spiro atoms. The number of para-hydroxylation sites is 1. The van der Waals surface area contributed by atoms with Gasteiger partial charge in [-0.1, -0.05) is 48.5 Å². The Morgan fingerprint density at radius 3 is 2.65 bits per heavy atom. The van der Waals surface area contributed by atoms with Gasteiger partial charge in [0.05, 0.1) is 11.6 Å². The summed E-state index contributed by atoms with van der Waals surface area (Å²) in [5, 5.41) is 3.90. The Bertz CT molecular complexity index is 797. The van der Waals surface area contributed by atoms with Crippen molar-refractivity contribution in [2.75, 3.05) is 0 Å². The lowest BCUT2D eigenvalue weighted by Gasteiger charge is -2.16. The fourth-order valence-electron chi connectivity index (χ4n) is 2.51. The van der Waals surface area contributed by atoms with Crippen molar-refractivity contribution in [3.05, 3.63) is 78.0 Å². The van der Waals surface area contributed by atoms with Gasteiger partial charge in [0, 0.05) is 11.6 Å². The van der Waals surface area contributed by atoms with E-state index in [1.165, 1.54) is 0 Å². The van der Waals surface area contributed by atoms with E-state index in [1.807, 2.05) is 67.6 Å². The molecule has 0 aliphatic heterocycles. The first kappa shape index (κ1) is 15.0. The molecule has 0 bridgehead atoms. The summed E-state index contributed by atoms with van der Waals surface area (Å²) < 4.78 is 5.27. The van der Waals surface area contributed by atoms with Crippen molar-refractivity contribution < 1.29 is 9.53 Å². The number of rotatable bonds is 4. The van der Waals surface area contributed by atoms with Crippen LogP contribution in [-0.4, -0.2) is 11.1 Å². The summed E-state index contributed by atoms with van der Waals surface area (Å²) in [5.41, 5.74) is 2.90. The third-order valence-corrected chi connectivity index (χ3v) is 3.70. The fraction of sp³-hybridized carbons (Fsp3) is 0.158. The molecule has 3 rings (SSSR count). The number of amides is 1. The average Bonchev–Trinajstić information content (AvgIpc) is 2.60. The minimum atomic E-state index is -0.428. The first-order valence-corrected chi connectivity index (χ1v) is 7.55. The predicted octanol–water partition coefficient (Wildman–Crippen LogP) is 4.22. The van der Waals surface area contributed by atoms with E-state index < -0.39 is 6.09 Å². The molecule has 1 N–H and O–H groups in total. The first-order chi connectivity index (χ1) is 11.2. The number of alkyl carbamates (subject to hydrolysis) is 1. The number of carbonyl (C=O) groups excluding carboxylic acids is 1. The largest absolute Gasteiger partial charge is 0.445 e. The van der Waals surface area contributed by atoms with Crippen LogP contribution in [0.5, 0.6) is 0 Å². The van der Waals surface area contributed by atoms with Crippen molar-refractivity contribution in [3.8, 4) is 0 Å². The molecule has 3 aromatic rings. The maximum Gasteiger partial charge on any atom is 0.407 e. The monoisotopic (exact) mass is 306 g/mol. The second kappa shape index (κ2) is 6.92. The van der Waals surface area contributed by atoms with Crippen LogP contribution in [0.4, 0.5) is 4.79 Å². The standard InChI is InChI=1S/C19H18N2O2/c1-14(16-11-12-20-18-10-6-5-9-17(16)18)21-19(22)23-13-15-7-3-2-4-8-15/h2-12,14H,13H2,1H3,(H,21,22)/t14-/m1/s1. The Hall–Kier alpha value is -2.88. The van der Waals surface area contributed by atoms with E-state index in [2.05, 4.69) is 10.3 Å². The van der Waals surface area contributed by atoms with Gasteiger partial charge in [-0.3, -0.25) is 4.98 Å². The van der Waals surface area contributed by atoms with Crippen LogP contribution in [0, 0.1) is 0 Å². The number of hydrogen-bond donors (Lipinski definition) is 1. The normalized spacial score (nSPS) is 11.9. The molecule has 0 fully saturated rings. The van der Waals surface area contributed by atoms with E-state index in [-0.39, 0.29) is 12.6 Å². The molecule has 0 saturated heterocycles. The number of aromatic nitrogens is 1. The van der Waals surface area contributed by atoms with Crippen molar-refractivity contribution >= 4 is 17.0 Å². The number of carbonyl (C=O) groups is 1. The molecule has 116 valence electrons. The highest BCUT2D eigenvalue weighted by molar-refractivity contribution is 5.82. The van der Waals surface area contributed by atoms with E-state index in [9.17, 15) is 4.79 Å². The average molecular weight is 306 g/mol. The van der Waals surface area contributed by atoms with Crippen LogP contribution in [0.25, 0.3) is 10.9 Å². The molecule has 23 heavy (non-hydrogen) atoms. The number of hydrogen-bond acceptors (Lipinski definition) is 3. The number of nitrogens with one attached hydrogen (secondary N) is 1. The lowest BCUT2D eigenvalue weighted by atomic mass is 10.0. The van der Waals surface area contributed by atoms with E-state index in [0.717, 1.165) is 22.0 Å². The van der Waals surface area contributed by atoms with E-state index in [1.54, 1.807) is 6.20 Å². The topological polar surface area (TPSA) is 51.2 Å². The zero-order valence-electron chi connectivity index (χ0n) is 12.9. The van der Waals surface area contributed by atoms with Crippen LogP contribution in [0.2, 0.25) is 0 Å². The van der Waals surface area contributed by atoms with Crippen molar-refractivity contribution in [2.24, 2.45) is 0 Å². The summed E-state index contributed by atoms with van der Waals surface area (Å²) in [6.45, 7) is 2.20. The third-order valence-electron chi connectivity index (χ3n) is 3.70. The molecular weight excluding hydrogens is 288 g/mol. The van der Waals surface area contributed by atoms with Crippen molar-refractivity contribution in [2.45, 2.75) is 19.6 Å². The van der Waals surface area contributed by atoms with Crippen LogP contribution >= 0.6 is 0 Å². The van der Waals surface area contributed by atoms with Gasteiger partial charge < -0.3 is 10.1 Å². The first-order valence-electron chi connectivity index (χ1n) is 7.55. The van der Waals surface area contributed by atoms with Gasteiger partial charge in [-0.25, -0.2) is 4.79 Å². The highest BCUT2D eigenvalue weighted by Crippen LogP contribution is 2.22. The molecular formula is C19H18N2O2. The molecule has 0 unspecified atom stereocenters. The molecule has 2 aromatic carbocycles. The Kier molecular flexibility index (Phi) is 4.52. The highest BCUT2D eigenvalue weighted by Gasteiger charge is 2.13. The van der Waals surface area contributed by atoms with Crippen LogP contribution in [0.3, 0.4) is 0 Å². The van der Waals surface area contributed by atoms with Crippen LogP contribution < -0.4 is 5.32 Å². The molecule has 0 saturated carbocycles. The molecule has 4 nitrogen and oxygen atoms in total. The molecule has 1 atom stereocenters. The maximum absolute atomic E-state index is 12.0. The molecule has 0 aliphatic rings. The second-order valence-corrected chi connectivity index (χ2v) is 5.35. The number of pyridine rings is 1. The number of nitrogens with zero attached hydrogens (tertiary/aromatic N) is 1. The van der Waals surface area contributed by atoms with Gasteiger partial charge in [-0.2, -0.15) is 0 Å². The van der Waals surface area contributed by atoms with Gasteiger partial charge in [0.25, 0.3) is 0 Å². The fourth-order valence-corrected chi connectivity index (χ4v) is 2.51. The van der Waals surface area contributed by atoms with E-state index in [4.69, 9.17) is 4.74 Å². The zero-order chi connectivity index (χ0) is 16.1. The molecule has 1 aromatic heterocycles. The Morgan fingerprint density at radius 2 is 1.83 bits per heavy atom. The Balaban J connectivity index is 1.66. The van der Waals surface area contributed by atoms with E-state index in [0.29, 0.717) is 0 Å². The van der Waals surface area contributed by atoms with Crippen molar-refractivity contribution in [1.82, 2.24) is 10.3 Å². The number of benzene rings is 2. The highest BCUT2D eigenvalue weighted by atomic mass is 16.5. The van der Waals surface area contributed by atoms with Crippen LogP contribution in [0.15, 0.2) is 66.9 Å². The zero-order valence-corrected chi connectivity index (χ0v) is 12.9. The minimum absolute atomic E-state index is 0.161. The van der Waals surface area contributed by atoms with Crippen molar-refractivity contribution in [3.63, 3.8) is 0 Å². The third kappa shape index (κ3) is 3.66. The summed E-state index contributed by atoms with van der Waals surface area (Å²) >= 11 is 0. The van der Waals surface area contributed by atoms with Gasteiger partial charge in [-0.05, 0) is 30.2 Å². The summed E-state index contributed by atoms with van der Waals surface area (Å²) in [5.74, 6) is 0. The van der Waals surface area contributed by atoms with Gasteiger partial charge in [0.1, 0.15) is 6.61 Å². The summed E-state index contributed by atoms with van der Waals surface area (Å²) in [6, 6.07) is 19.3. The molecule has 1 amide bonds. The number of fused-ring (bicyclic) bond motifs is 1. The number of ether oxygens (including phenoxy) is 1. The molecule has 4 heteroatoms. The predicted molar refractivity (Wildman–Crippen MR) is 89.9 cm³/mol. The summed E-state index contributed by atoms with van der Waals surface area (Å²) in [7, 11) is 0. The Morgan fingerprint density at radius 1 is 1.09 bits per heavy atom. The minimum Gasteiger partial charge on any atom is -0.445 e. The summed E-state index contributed by atoms with van der Waals surface area (Å²) in [4.78, 5) is 16.3. The lowest BCUT2D eigenvalue weighted by molar-refractivity contribution is 0.136. The van der Waals surface area contributed by atoms with Crippen molar-refractivity contribution in [1.29, 1.82) is 0 Å². The quantitative estimate of drug-likeness (QED) is 0.785. The van der Waals surface area contributed by atoms with Crippen LogP contribution in [0.1, 0.15) is 24.1 Å². The Labute approximate surface area is 135 Å². The molecule has 0 radical (unpaired) electrons. The molecule has 1 heterocycles. The van der Waals surface area contributed by atoms with E-state index >= 15 is 0 Å². The smallest absolute Gasteiger partial charge is 0.407 e. The second-order valence-electron chi connectivity index (χ2n) is 5.35. The van der Waals surface area contributed by atoms with Crippen LogP contribution in [-0.2, 0) is 11.3 Å². The van der Waals surface area contributed by atoms with Gasteiger partial charge in [0.15, 0.2) is 0 Å².